The largest absolute Gasteiger partial charge is 0.347 e. The first-order chi connectivity index (χ1) is 10.7. The number of carbonyl (C=O) groups excluding carboxylic acids is 1. The van der Waals surface area contributed by atoms with E-state index in [4.69, 9.17) is 0 Å². The molecule has 22 heavy (non-hydrogen) atoms. The number of nitrogens with one attached hydrogen (secondary N) is 1. The Bertz CT molecular complexity index is 629. The van der Waals surface area contributed by atoms with Crippen molar-refractivity contribution in [3.63, 3.8) is 0 Å². The Kier molecular flexibility index (Phi) is 4.27. The SMILES string of the molecule is Cc1ccc(C(=O)N[C@H]2CCCN(c3ncccn3)C2)cn1. The number of amides is 1. The van der Waals surface area contributed by atoms with E-state index in [1.807, 2.05) is 13.0 Å². The van der Waals surface area contributed by atoms with Gasteiger partial charge in [-0.25, -0.2) is 9.97 Å². The first kappa shape index (κ1) is 14.4. The Morgan fingerprint density at radius 2 is 2.09 bits per heavy atom. The fourth-order valence-electron chi connectivity index (χ4n) is 2.60. The number of aryl methyl sites for hydroxylation is 1. The maximum atomic E-state index is 12.3. The summed E-state index contributed by atoms with van der Waals surface area (Å²) in [6.45, 7) is 3.55. The lowest BCUT2D eigenvalue weighted by molar-refractivity contribution is 0.0932. The molecule has 1 aliphatic rings. The van der Waals surface area contributed by atoms with Crippen LogP contribution >= 0.6 is 0 Å². The van der Waals surface area contributed by atoms with Gasteiger partial charge in [-0.05, 0) is 38.0 Å². The first-order valence-corrected chi connectivity index (χ1v) is 7.48. The molecule has 1 saturated heterocycles. The van der Waals surface area contributed by atoms with E-state index in [0.29, 0.717) is 5.56 Å². The lowest BCUT2D eigenvalue weighted by atomic mass is 10.1. The van der Waals surface area contributed by atoms with Gasteiger partial charge in [0.15, 0.2) is 0 Å². The number of anilines is 1. The van der Waals surface area contributed by atoms with E-state index in [1.165, 1.54) is 0 Å². The molecule has 1 N–H and O–H groups in total. The molecule has 0 aromatic carbocycles. The van der Waals surface area contributed by atoms with Gasteiger partial charge < -0.3 is 10.2 Å². The van der Waals surface area contributed by atoms with Crippen LogP contribution in [0.15, 0.2) is 36.8 Å². The third kappa shape index (κ3) is 3.39. The summed E-state index contributed by atoms with van der Waals surface area (Å²) in [6, 6.07) is 5.56. The summed E-state index contributed by atoms with van der Waals surface area (Å²) in [5.74, 6) is 0.645. The Morgan fingerprint density at radius 1 is 1.27 bits per heavy atom. The monoisotopic (exact) mass is 297 g/mol. The van der Waals surface area contributed by atoms with Gasteiger partial charge in [0.1, 0.15) is 0 Å². The highest BCUT2D eigenvalue weighted by Crippen LogP contribution is 2.15. The maximum Gasteiger partial charge on any atom is 0.253 e. The van der Waals surface area contributed by atoms with E-state index < -0.39 is 0 Å². The van der Waals surface area contributed by atoms with Gasteiger partial charge in [-0.2, -0.15) is 0 Å². The van der Waals surface area contributed by atoms with Crippen LogP contribution in [-0.2, 0) is 0 Å². The molecule has 3 heterocycles. The van der Waals surface area contributed by atoms with Crippen LogP contribution in [0.3, 0.4) is 0 Å². The predicted molar refractivity (Wildman–Crippen MR) is 83.7 cm³/mol. The molecule has 0 bridgehead atoms. The predicted octanol–water partition coefficient (Wildman–Crippen LogP) is 1.58. The van der Waals surface area contributed by atoms with Crippen molar-refractivity contribution in [2.45, 2.75) is 25.8 Å². The highest BCUT2D eigenvalue weighted by molar-refractivity contribution is 5.94. The Morgan fingerprint density at radius 3 is 2.82 bits per heavy atom. The third-order valence-corrected chi connectivity index (χ3v) is 3.77. The molecule has 0 radical (unpaired) electrons. The van der Waals surface area contributed by atoms with Gasteiger partial charge in [0, 0.05) is 43.4 Å². The normalized spacial score (nSPS) is 18.0. The quantitative estimate of drug-likeness (QED) is 0.931. The number of carbonyl (C=O) groups is 1. The summed E-state index contributed by atoms with van der Waals surface area (Å²) >= 11 is 0. The minimum absolute atomic E-state index is 0.0756. The summed E-state index contributed by atoms with van der Waals surface area (Å²) < 4.78 is 0. The van der Waals surface area contributed by atoms with Crippen molar-refractivity contribution in [1.29, 1.82) is 0 Å². The van der Waals surface area contributed by atoms with Gasteiger partial charge >= 0.3 is 0 Å². The zero-order valence-electron chi connectivity index (χ0n) is 12.6. The number of hydrogen-bond acceptors (Lipinski definition) is 5. The van der Waals surface area contributed by atoms with E-state index in [9.17, 15) is 4.79 Å². The van der Waals surface area contributed by atoms with Crippen LogP contribution in [-0.4, -0.2) is 40.0 Å². The second-order valence-electron chi connectivity index (χ2n) is 5.50. The van der Waals surface area contributed by atoms with E-state index in [2.05, 4.69) is 25.2 Å². The molecule has 114 valence electrons. The fourth-order valence-corrected chi connectivity index (χ4v) is 2.60. The molecular formula is C16H19N5O. The molecular weight excluding hydrogens is 278 g/mol. The van der Waals surface area contributed by atoms with Gasteiger partial charge in [0.25, 0.3) is 5.91 Å². The van der Waals surface area contributed by atoms with E-state index in [1.54, 1.807) is 30.7 Å². The molecule has 0 saturated carbocycles. The van der Waals surface area contributed by atoms with Crippen LogP contribution in [0, 0.1) is 6.92 Å². The smallest absolute Gasteiger partial charge is 0.253 e. The van der Waals surface area contributed by atoms with Crippen LogP contribution < -0.4 is 10.2 Å². The summed E-state index contributed by atoms with van der Waals surface area (Å²) in [6.07, 6.45) is 7.07. The van der Waals surface area contributed by atoms with Gasteiger partial charge in [-0.15, -0.1) is 0 Å². The lowest BCUT2D eigenvalue weighted by Gasteiger charge is -2.33. The summed E-state index contributed by atoms with van der Waals surface area (Å²) in [4.78, 5) is 27.1. The zero-order chi connectivity index (χ0) is 15.4. The Hall–Kier alpha value is -2.50. The lowest BCUT2D eigenvalue weighted by Crippen LogP contribution is -2.48. The molecule has 1 fully saturated rings. The van der Waals surface area contributed by atoms with Crippen LogP contribution in [0.2, 0.25) is 0 Å². The number of nitrogens with zero attached hydrogens (tertiary/aromatic N) is 4. The highest BCUT2D eigenvalue weighted by atomic mass is 16.1. The standard InChI is InChI=1S/C16H19N5O/c1-12-5-6-13(10-19-12)15(22)20-14-4-2-9-21(11-14)16-17-7-3-8-18-16/h3,5-8,10,14H,2,4,9,11H2,1H3,(H,20,22)/t14-/m0/s1. The summed E-state index contributed by atoms with van der Waals surface area (Å²) in [5, 5.41) is 3.08. The third-order valence-electron chi connectivity index (χ3n) is 3.77. The summed E-state index contributed by atoms with van der Waals surface area (Å²) in [7, 11) is 0. The first-order valence-electron chi connectivity index (χ1n) is 7.48. The molecule has 1 aliphatic heterocycles. The van der Waals surface area contributed by atoms with E-state index in [-0.39, 0.29) is 11.9 Å². The van der Waals surface area contributed by atoms with Crippen molar-refractivity contribution < 1.29 is 4.79 Å². The maximum absolute atomic E-state index is 12.3. The van der Waals surface area contributed by atoms with Gasteiger partial charge in [-0.3, -0.25) is 9.78 Å². The van der Waals surface area contributed by atoms with Crippen LogP contribution in [0.25, 0.3) is 0 Å². The highest BCUT2D eigenvalue weighted by Gasteiger charge is 2.23. The Labute approximate surface area is 129 Å². The molecule has 0 aliphatic carbocycles. The summed E-state index contributed by atoms with van der Waals surface area (Å²) in [5.41, 5.74) is 1.50. The van der Waals surface area contributed by atoms with Crippen molar-refractivity contribution >= 4 is 11.9 Å². The molecule has 1 amide bonds. The molecule has 2 aromatic rings. The topological polar surface area (TPSA) is 71.0 Å². The number of hydrogen-bond donors (Lipinski definition) is 1. The number of rotatable bonds is 3. The van der Waals surface area contributed by atoms with Crippen molar-refractivity contribution in [3.8, 4) is 0 Å². The van der Waals surface area contributed by atoms with Crippen LogP contribution in [0.4, 0.5) is 5.95 Å². The van der Waals surface area contributed by atoms with Crippen LogP contribution in [0.5, 0.6) is 0 Å². The van der Waals surface area contributed by atoms with E-state index >= 15 is 0 Å². The average molecular weight is 297 g/mol. The Balaban J connectivity index is 1.63. The average Bonchev–Trinajstić information content (AvgIpc) is 2.56. The van der Waals surface area contributed by atoms with Gasteiger partial charge in [-0.1, -0.05) is 0 Å². The second kappa shape index (κ2) is 6.51. The minimum atomic E-state index is -0.0756. The van der Waals surface area contributed by atoms with E-state index in [0.717, 1.165) is 37.6 Å². The van der Waals surface area contributed by atoms with Crippen molar-refractivity contribution in [2.75, 3.05) is 18.0 Å². The van der Waals surface area contributed by atoms with Crippen molar-refractivity contribution in [2.24, 2.45) is 0 Å². The molecule has 1 atom stereocenters. The molecule has 6 heteroatoms. The van der Waals surface area contributed by atoms with Gasteiger partial charge in [0.2, 0.25) is 5.95 Å². The van der Waals surface area contributed by atoms with Gasteiger partial charge in [0.05, 0.1) is 5.56 Å². The molecule has 6 nitrogen and oxygen atoms in total. The fraction of sp³-hybridized carbons (Fsp3) is 0.375. The number of pyridine rings is 1. The van der Waals surface area contributed by atoms with Crippen molar-refractivity contribution in [1.82, 2.24) is 20.3 Å². The number of piperidine rings is 1. The molecule has 0 unspecified atom stereocenters. The minimum Gasteiger partial charge on any atom is -0.347 e. The molecule has 2 aromatic heterocycles. The molecule has 3 rings (SSSR count). The van der Waals surface area contributed by atoms with Crippen molar-refractivity contribution in [3.05, 3.63) is 48.0 Å². The second-order valence-corrected chi connectivity index (χ2v) is 5.50. The number of aromatic nitrogens is 3. The van der Waals surface area contributed by atoms with Crippen LogP contribution in [0.1, 0.15) is 28.9 Å². The zero-order valence-corrected chi connectivity index (χ0v) is 12.6. The molecule has 0 spiro atoms.